The minimum atomic E-state index is -1.26. The molecule has 3 N–H and O–H groups in total. The van der Waals surface area contributed by atoms with Crippen LogP contribution < -0.4 is 10.6 Å². The van der Waals surface area contributed by atoms with Crippen molar-refractivity contribution in [1.29, 1.82) is 0 Å². The average Bonchev–Trinajstić information content (AvgIpc) is 3.31. The Bertz CT molecular complexity index is 1310. The van der Waals surface area contributed by atoms with Gasteiger partial charge in [0.15, 0.2) is 0 Å². The Labute approximate surface area is 232 Å². The molecule has 1 heterocycles. The van der Waals surface area contributed by atoms with Crippen molar-refractivity contribution in [3.8, 4) is 0 Å². The number of nitrogens with one attached hydrogen (secondary N) is 2. The summed E-state index contributed by atoms with van der Waals surface area (Å²) in [5.74, 6) is -2.52. The Morgan fingerprint density at radius 1 is 1.16 bits per heavy atom. The molecule has 0 radical (unpaired) electrons. The number of fused-ring (bicyclic) bond motifs is 2. The monoisotopic (exact) mass is 558 g/mol. The van der Waals surface area contributed by atoms with Gasteiger partial charge in [-0.25, -0.2) is 4.39 Å². The zero-order chi connectivity index (χ0) is 27.4. The highest BCUT2D eigenvalue weighted by atomic mass is 35.5. The number of halogens is 3. The summed E-state index contributed by atoms with van der Waals surface area (Å²) in [4.78, 5) is 28.1. The predicted octanol–water partition coefficient (Wildman–Crippen LogP) is 6.52. The Balaban J connectivity index is 1.69. The van der Waals surface area contributed by atoms with Crippen LogP contribution in [0.25, 0.3) is 0 Å². The molecule has 2 aromatic carbocycles. The maximum atomic E-state index is 15.8. The largest absolute Gasteiger partial charge is 0.393 e. The van der Waals surface area contributed by atoms with Gasteiger partial charge in [0.25, 0.3) is 0 Å². The fourth-order valence-corrected chi connectivity index (χ4v) is 6.97. The number of carbonyl (C=O) groups excluding carboxylic acids is 2. The first kappa shape index (κ1) is 27.2. The third-order valence-corrected chi connectivity index (χ3v) is 8.73. The number of hydrogen-bond acceptors (Lipinski definition) is 3. The first-order valence-electron chi connectivity index (χ1n) is 13.2. The van der Waals surface area contributed by atoms with Crippen LogP contribution in [0.3, 0.4) is 0 Å². The molecule has 1 aliphatic heterocycles. The number of carbonyl (C=O) groups is 2. The number of hydrogen-bond donors (Lipinski definition) is 3. The minimum Gasteiger partial charge on any atom is -0.393 e. The molecule has 3 atom stereocenters. The number of aliphatic hydroxyl groups is 1. The van der Waals surface area contributed by atoms with Crippen LogP contribution in [-0.4, -0.2) is 29.1 Å². The highest BCUT2D eigenvalue weighted by Crippen LogP contribution is 2.61. The van der Waals surface area contributed by atoms with Gasteiger partial charge in [0.05, 0.1) is 16.5 Å². The number of amides is 2. The molecule has 0 aromatic heterocycles. The lowest BCUT2D eigenvalue weighted by Gasteiger charge is -2.39. The second-order valence-electron chi connectivity index (χ2n) is 12.1. The highest BCUT2D eigenvalue weighted by Gasteiger charge is 2.63. The van der Waals surface area contributed by atoms with Crippen molar-refractivity contribution in [3.63, 3.8) is 0 Å². The van der Waals surface area contributed by atoms with Gasteiger partial charge in [0.1, 0.15) is 5.82 Å². The first-order chi connectivity index (χ1) is 17.9. The normalized spacial score (nSPS) is 28.7. The van der Waals surface area contributed by atoms with Gasteiger partial charge in [0.2, 0.25) is 11.8 Å². The zero-order valence-corrected chi connectivity index (χ0v) is 23.3. The van der Waals surface area contributed by atoms with Gasteiger partial charge in [-0.05, 0) is 72.8 Å². The highest BCUT2D eigenvalue weighted by molar-refractivity contribution is 6.31. The maximum absolute atomic E-state index is 15.8. The van der Waals surface area contributed by atoms with Crippen LogP contribution in [0.15, 0.2) is 48.0 Å². The van der Waals surface area contributed by atoms with Crippen molar-refractivity contribution in [2.24, 2.45) is 11.3 Å². The van der Waals surface area contributed by atoms with E-state index in [2.05, 4.69) is 31.4 Å². The Morgan fingerprint density at radius 3 is 2.55 bits per heavy atom. The molecule has 2 amide bonds. The minimum absolute atomic E-state index is 0.0623. The topological polar surface area (TPSA) is 78.4 Å². The van der Waals surface area contributed by atoms with Crippen LogP contribution in [0.1, 0.15) is 69.9 Å². The lowest BCUT2D eigenvalue weighted by atomic mass is 9.61. The summed E-state index contributed by atoms with van der Waals surface area (Å²) in [6, 6.07) is 9.89. The molecule has 5 nitrogen and oxygen atoms in total. The summed E-state index contributed by atoms with van der Waals surface area (Å²) in [5.41, 5.74) is 0.410. The van der Waals surface area contributed by atoms with Crippen molar-refractivity contribution >= 4 is 40.7 Å². The molecule has 1 spiro atoms. The van der Waals surface area contributed by atoms with Gasteiger partial charge in [0, 0.05) is 28.2 Å². The van der Waals surface area contributed by atoms with Crippen molar-refractivity contribution in [1.82, 2.24) is 5.32 Å². The second-order valence-corrected chi connectivity index (χ2v) is 12.9. The van der Waals surface area contributed by atoms with Gasteiger partial charge in [-0.3, -0.25) is 9.59 Å². The molecule has 38 heavy (non-hydrogen) atoms. The Kier molecular flexibility index (Phi) is 7.12. The van der Waals surface area contributed by atoms with Gasteiger partial charge >= 0.3 is 0 Å². The van der Waals surface area contributed by atoms with Gasteiger partial charge in [-0.2, -0.15) is 0 Å². The van der Waals surface area contributed by atoms with Crippen LogP contribution in [-0.2, 0) is 15.0 Å². The summed E-state index contributed by atoms with van der Waals surface area (Å²) in [5, 5.41) is 16.4. The molecular formula is C30H33Cl2FN2O3. The molecule has 3 unspecified atom stereocenters. The van der Waals surface area contributed by atoms with E-state index in [4.69, 9.17) is 23.2 Å². The molecule has 1 fully saturated rings. The van der Waals surface area contributed by atoms with Crippen LogP contribution >= 0.6 is 23.2 Å². The van der Waals surface area contributed by atoms with Gasteiger partial charge in [-0.15, -0.1) is 0 Å². The van der Waals surface area contributed by atoms with E-state index in [9.17, 15) is 14.7 Å². The molecule has 5 rings (SSSR count). The van der Waals surface area contributed by atoms with Crippen LogP contribution in [0.5, 0.6) is 0 Å². The van der Waals surface area contributed by atoms with E-state index < -0.39 is 17.2 Å². The number of allylic oxidation sites excluding steroid dienone is 1. The van der Waals surface area contributed by atoms with E-state index in [0.29, 0.717) is 54.0 Å². The molecule has 3 aliphatic rings. The van der Waals surface area contributed by atoms with Crippen LogP contribution in [0.2, 0.25) is 10.0 Å². The average molecular weight is 560 g/mol. The molecule has 1 saturated carbocycles. The van der Waals surface area contributed by atoms with Crippen LogP contribution in [0.4, 0.5) is 10.1 Å². The SMILES string of the molecule is CC(C)(C)CC1C=C(C(=O)NC2CCC(O)CC2)C(c2cccc(Cl)c2F)C12C(=O)Nc1cc(Cl)ccc12. The molecule has 8 heteroatoms. The fourth-order valence-electron chi connectivity index (χ4n) is 6.62. The van der Waals surface area contributed by atoms with Gasteiger partial charge in [-0.1, -0.05) is 68.2 Å². The van der Waals surface area contributed by atoms with E-state index in [1.807, 2.05) is 12.1 Å². The van der Waals surface area contributed by atoms with Crippen molar-refractivity contribution in [2.75, 3.05) is 5.32 Å². The van der Waals surface area contributed by atoms with E-state index >= 15 is 4.39 Å². The van der Waals surface area contributed by atoms with Crippen molar-refractivity contribution < 1.29 is 19.1 Å². The first-order valence-corrected chi connectivity index (χ1v) is 13.9. The predicted molar refractivity (Wildman–Crippen MR) is 148 cm³/mol. The molecule has 0 bridgehead atoms. The Morgan fingerprint density at radius 2 is 1.87 bits per heavy atom. The van der Waals surface area contributed by atoms with E-state index in [-0.39, 0.29) is 45.9 Å². The van der Waals surface area contributed by atoms with Crippen molar-refractivity contribution in [2.45, 2.75) is 76.4 Å². The molecular weight excluding hydrogens is 526 g/mol. The third kappa shape index (κ3) is 4.65. The van der Waals surface area contributed by atoms with E-state index in [1.165, 1.54) is 6.07 Å². The summed E-state index contributed by atoms with van der Waals surface area (Å²) >= 11 is 12.5. The number of anilines is 1. The number of aliphatic hydroxyl groups excluding tert-OH is 1. The summed E-state index contributed by atoms with van der Waals surface area (Å²) in [6.07, 6.45) is 4.67. The number of benzene rings is 2. The molecule has 2 aliphatic carbocycles. The second kappa shape index (κ2) is 9.96. The van der Waals surface area contributed by atoms with E-state index in [1.54, 1.807) is 24.3 Å². The summed E-state index contributed by atoms with van der Waals surface area (Å²) in [7, 11) is 0. The number of rotatable bonds is 4. The molecule has 0 saturated heterocycles. The smallest absolute Gasteiger partial charge is 0.247 e. The van der Waals surface area contributed by atoms with Crippen LogP contribution in [0, 0.1) is 17.2 Å². The Hall–Kier alpha value is -2.41. The fraction of sp³-hybridized carbons (Fsp3) is 0.467. The molecule has 2 aromatic rings. The van der Waals surface area contributed by atoms with Crippen molar-refractivity contribution in [3.05, 3.63) is 75.0 Å². The van der Waals surface area contributed by atoms with E-state index in [0.717, 1.165) is 0 Å². The summed E-state index contributed by atoms with van der Waals surface area (Å²) < 4.78 is 15.8. The standard InChI is InChI=1S/C30H33Cl2FN2O3/c1-29(2,3)15-16-13-21(27(37)34-18-8-10-19(36)11-9-18)25(20-5-4-6-23(32)26(20)33)30(16)22-12-7-17(31)14-24(22)35-28(30)38/h4-7,12-14,16,18-19,25,36H,8-11,15H2,1-3H3,(H,34,37)(H,35,38). The lowest BCUT2D eigenvalue weighted by molar-refractivity contribution is -0.123. The zero-order valence-electron chi connectivity index (χ0n) is 21.8. The maximum Gasteiger partial charge on any atom is 0.247 e. The van der Waals surface area contributed by atoms with Gasteiger partial charge < -0.3 is 15.7 Å². The molecule has 202 valence electrons. The quantitative estimate of drug-likeness (QED) is 0.399. The lowest BCUT2D eigenvalue weighted by Crippen LogP contribution is -2.46. The summed E-state index contributed by atoms with van der Waals surface area (Å²) in [6.45, 7) is 6.26. The third-order valence-electron chi connectivity index (χ3n) is 8.20.